The van der Waals surface area contributed by atoms with Crippen molar-refractivity contribution in [1.29, 1.82) is 0 Å². The van der Waals surface area contributed by atoms with Crippen LogP contribution >= 0.6 is 11.6 Å². The molecule has 16 heavy (non-hydrogen) atoms. The minimum atomic E-state index is -0.730. The number of carbonyl (C=O) groups is 2. The smallest absolute Gasteiger partial charge is 0.246 e. The van der Waals surface area contributed by atoms with Gasteiger partial charge >= 0.3 is 0 Å². The number of imide groups is 1. The van der Waals surface area contributed by atoms with Crippen LogP contribution in [0.4, 0.5) is 10.2 Å². The molecule has 2 heterocycles. The first-order chi connectivity index (χ1) is 7.56. The third kappa shape index (κ3) is 2.08. The van der Waals surface area contributed by atoms with Crippen molar-refractivity contribution in [3.05, 3.63) is 17.3 Å². The number of carbonyl (C=O) groups excluding carboxylic acids is 2. The van der Waals surface area contributed by atoms with Gasteiger partial charge in [-0.1, -0.05) is 0 Å². The predicted octanol–water partition coefficient (Wildman–Crippen LogP) is -0.268. The van der Waals surface area contributed by atoms with E-state index in [0.717, 1.165) is 6.20 Å². The van der Waals surface area contributed by atoms with Gasteiger partial charge in [-0.15, -0.1) is 0 Å². The van der Waals surface area contributed by atoms with Gasteiger partial charge in [-0.3, -0.25) is 14.9 Å². The van der Waals surface area contributed by atoms with E-state index in [4.69, 9.17) is 11.6 Å². The van der Waals surface area contributed by atoms with E-state index in [-0.39, 0.29) is 24.2 Å². The number of halogens is 2. The summed E-state index contributed by atoms with van der Waals surface area (Å²) in [7, 11) is 0. The standard InChI is InChI=1S/C8H6ClFN4O2/c9-8-11-1-4(10)7(13-8)14-2-5(15)12-6(16)3-14/h1H,2-3H2,(H,12,15,16). The largest absolute Gasteiger partial charge is 0.335 e. The summed E-state index contributed by atoms with van der Waals surface area (Å²) in [5.41, 5.74) is 0. The molecule has 1 aromatic heterocycles. The number of nitrogens with zero attached hydrogens (tertiary/aromatic N) is 3. The molecule has 8 heteroatoms. The van der Waals surface area contributed by atoms with Crippen LogP contribution in [0.25, 0.3) is 0 Å². The van der Waals surface area contributed by atoms with Gasteiger partial charge in [-0.05, 0) is 11.6 Å². The van der Waals surface area contributed by atoms with Gasteiger partial charge in [-0.25, -0.2) is 9.37 Å². The van der Waals surface area contributed by atoms with Crippen molar-refractivity contribution in [2.75, 3.05) is 18.0 Å². The Labute approximate surface area is 94.4 Å². The second-order valence-electron chi connectivity index (χ2n) is 3.14. The highest BCUT2D eigenvalue weighted by atomic mass is 35.5. The lowest BCUT2D eigenvalue weighted by molar-refractivity contribution is -0.130. The van der Waals surface area contributed by atoms with Crippen molar-refractivity contribution >= 4 is 29.2 Å². The Hall–Kier alpha value is -1.76. The third-order valence-electron chi connectivity index (χ3n) is 1.94. The molecule has 1 fully saturated rings. The molecule has 0 aliphatic carbocycles. The molecule has 0 unspecified atom stereocenters. The molecule has 0 aromatic carbocycles. The number of hydrogen-bond donors (Lipinski definition) is 1. The molecule has 1 aromatic rings. The normalized spacial score (nSPS) is 16.2. The predicted molar refractivity (Wildman–Crippen MR) is 52.4 cm³/mol. The van der Waals surface area contributed by atoms with Gasteiger partial charge < -0.3 is 4.90 Å². The monoisotopic (exact) mass is 244 g/mol. The summed E-state index contributed by atoms with van der Waals surface area (Å²) in [6.07, 6.45) is 0.891. The molecule has 2 rings (SSSR count). The van der Waals surface area contributed by atoms with Crippen molar-refractivity contribution in [2.45, 2.75) is 0 Å². The lowest BCUT2D eigenvalue weighted by atomic mass is 10.3. The summed E-state index contributed by atoms with van der Waals surface area (Å²) >= 11 is 5.51. The number of nitrogens with one attached hydrogen (secondary N) is 1. The lowest BCUT2D eigenvalue weighted by Crippen LogP contribution is -2.52. The second-order valence-corrected chi connectivity index (χ2v) is 3.48. The van der Waals surface area contributed by atoms with Crippen LogP contribution in [0.2, 0.25) is 5.28 Å². The first-order valence-electron chi connectivity index (χ1n) is 4.32. The highest BCUT2D eigenvalue weighted by molar-refractivity contribution is 6.28. The second kappa shape index (κ2) is 4.01. The summed E-state index contributed by atoms with van der Waals surface area (Å²) in [4.78, 5) is 30.4. The van der Waals surface area contributed by atoms with Crippen LogP contribution in [0, 0.1) is 5.82 Å². The van der Waals surface area contributed by atoms with E-state index in [2.05, 4.69) is 15.3 Å². The highest BCUT2D eigenvalue weighted by Gasteiger charge is 2.25. The topological polar surface area (TPSA) is 75.2 Å². The maximum atomic E-state index is 13.3. The highest BCUT2D eigenvalue weighted by Crippen LogP contribution is 2.17. The fraction of sp³-hybridized carbons (Fsp3) is 0.250. The molecule has 2 amide bonds. The Balaban J connectivity index is 2.32. The lowest BCUT2D eigenvalue weighted by Gasteiger charge is -2.26. The maximum absolute atomic E-state index is 13.3. The van der Waals surface area contributed by atoms with Crippen molar-refractivity contribution < 1.29 is 14.0 Å². The summed E-state index contributed by atoms with van der Waals surface area (Å²) in [5, 5.41) is 1.95. The number of piperazine rings is 1. The van der Waals surface area contributed by atoms with Gasteiger partial charge in [0.05, 0.1) is 19.3 Å². The zero-order valence-corrected chi connectivity index (χ0v) is 8.66. The molecule has 0 radical (unpaired) electrons. The quantitative estimate of drug-likeness (QED) is 0.544. The van der Waals surface area contributed by atoms with E-state index in [0.29, 0.717) is 0 Å². The van der Waals surface area contributed by atoms with Gasteiger partial charge in [0.25, 0.3) is 0 Å². The molecular weight excluding hydrogens is 239 g/mol. The van der Waals surface area contributed by atoms with Crippen LogP contribution in [-0.4, -0.2) is 34.9 Å². The van der Waals surface area contributed by atoms with Gasteiger partial charge in [-0.2, -0.15) is 4.98 Å². The number of anilines is 1. The van der Waals surface area contributed by atoms with Crippen molar-refractivity contribution in [1.82, 2.24) is 15.3 Å². The minimum absolute atomic E-state index is 0.143. The number of rotatable bonds is 1. The van der Waals surface area contributed by atoms with Crippen LogP contribution in [0.1, 0.15) is 0 Å². The van der Waals surface area contributed by atoms with E-state index in [1.165, 1.54) is 4.90 Å². The molecule has 6 nitrogen and oxygen atoms in total. The average Bonchev–Trinajstić information content (AvgIpc) is 2.20. The zero-order chi connectivity index (χ0) is 11.7. The van der Waals surface area contributed by atoms with E-state index < -0.39 is 17.6 Å². The Kier molecular flexibility index (Phi) is 2.69. The van der Waals surface area contributed by atoms with Crippen LogP contribution in [0.3, 0.4) is 0 Å². The molecule has 1 N–H and O–H groups in total. The number of amides is 2. The van der Waals surface area contributed by atoms with Gasteiger partial charge in [0.15, 0.2) is 11.6 Å². The molecular formula is C8H6ClFN4O2. The molecule has 0 bridgehead atoms. The summed E-state index contributed by atoms with van der Waals surface area (Å²) < 4.78 is 13.3. The fourth-order valence-electron chi connectivity index (χ4n) is 1.35. The molecule has 0 saturated carbocycles. The maximum Gasteiger partial charge on any atom is 0.246 e. The first kappa shape index (κ1) is 10.7. The SMILES string of the molecule is O=C1CN(c2nc(Cl)ncc2F)CC(=O)N1. The Morgan fingerprint density at radius 2 is 2.00 bits per heavy atom. The molecule has 84 valence electrons. The van der Waals surface area contributed by atoms with Crippen molar-refractivity contribution in [3.63, 3.8) is 0 Å². The van der Waals surface area contributed by atoms with Gasteiger partial charge in [0.1, 0.15) is 0 Å². The van der Waals surface area contributed by atoms with E-state index >= 15 is 0 Å². The van der Waals surface area contributed by atoms with Crippen LogP contribution in [0.5, 0.6) is 0 Å². The third-order valence-corrected chi connectivity index (χ3v) is 2.13. The van der Waals surface area contributed by atoms with E-state index in [1.807, 2.05) is 0 Å². The number of hydrogen-bond acceptors (Lipinski definition) is 5. The van der Waals surface area contributed by atoms with E-state index in [9.17, 15) is 14.0 Å². The summed E-state index contributed by atoms with van der Waals surface area (Å²) in [6, 6.07) is 0. The van der Waals surface area contributed by atoms with Crippen molar-refractivity contribution in [3.8, 4) is 0 Å². The Bertz CT molecular complexity index is 451. The van der Waals surface area contributed by atoms with Crippen LogP contribution in [-0.2, 0) is 9.59 Å². The minimum Gasteiger partial charge on any atom is -0.335 e. The van der Waals surface area contributed by atoms with E-state index in [1.54, 1.807) is 0 Å². The number of aromatic nitrogens is 2. The van der Waals surface area contributed by atoms with Gasteiger partial charge in [0, 0.05) is 0 Å². The molecule has 0 atom stereocenters. The van der Waals surface area contributed by atoms with Gasteiger partial charge in [0.2, 0.25) is 17.1 Å². The molecule has 1 aliphatic rings. The first-order valence-corrected chi connectivity index (χ1v) is 4.70. The molecule has 1 saturated heterocycles. The Morgan fingerprint density at radius 3 is 2.62 bits per heavy atom. The summed E-state index contributed by atoms with van der Waals surface area (Å²) in [6.45, 7) is -0.286. The average molecular weight is 245 g/mol. The molecule has 0 spiro atoms. The molecule has 1 aliphatic heterocycles. The van der Waals surface area contributed by atoms with Crippen LogP contribution < -0.4 is 10.2 Å². The summed E-state index contributed by atoms with van der Waals surface area (Å²) in [5.74, 6) is -1.90. The Morgan fingerprint density at radius 1 is 1.38 bits per heavy atom. The fourth-order valence-corrected chi connectivity index (χ4v) is 1.47. The van der Waals surface area contributed by atoms with Crippen molar-refractivity contribution in [2.24, 2.45) is 0 Å². The zero-order valence-electron chi connectivity index (χ0n) is 7.91. The van der Waals surface area contributed by atoms with Crippen LogP contribution in [0.15, 0.2) is 6.20 Å².